The second-order valence-electron chi connectivity index (χ2n) is 5.02. The highest BCUT2D eigenvalue weighted by Gasteiger charge is 2.15. The van der Waals surface area contributed by atoms with Crippen LogP contribution in [0.15, 0.2) is 47.8 Å². The van der Waals surface area contributed by atoms with Gasteiger partial charge in [0.15, 0.2) is 0 Å². The second-order valence-corrected chi connectivity index (χ2v) is 5.93. The molecule has 0 aliphatic heterocycles. The molecule has 3 aromatic rings. The minimum atomic E-state index is -0.811. The summed E-state index contributed by atoms with van der Waals surface area (Å²) >= 11 is 1.61. The third-order valence-corrected chi connectivity index (χ3v) is 4.53. The maximum absolute atomic E-state index is 13.6. The number of thiophene rings is 1. The first-order valence-electron chi connectivity index (χ1n) is 6.71. The summed E-state index contributed by atoms with van der Waals surface area (Å²) in [6.07, 6.45) is -0.449. The molecule has 108 valence electrons. The van der Waals surface area contributed by atoms with Gasteiger partial charge in [0.25, 0.3) is 0 Å². The molecule has 3 rings (SSSR count). The van der Waals surface area contributed by atoms with Crippen LogP contribution in [0.5, 0.6) is 0 Å². The molecule has 0 fully saturated rings. The van der Waals surface area contributed by atoms with Gasteiger partial charge in [0.2, 0.25) is 0 Å². The van der Waals surface area contributed by atoms with Gasteiger partial charge in [-0.3, -0.25) is 0 Å². The fourth-order valence-electron chi connectivity index (χ4n) is 2.48. The predicted molar refractivity (Wildman–Crippen MR) is 81.6 cm³/mol. The van der Waals surface area contributed by atoms with Crippen LogP contribution in [0.3, 0.4) is 0 Å². The highest BCUT2D eigenvalue weighted by molar-refractivity contribution is 7.17. The number of benzene rings is 2. The van der Waals surface area contributed by atoms with E-state index in [2.05, 4.69) is 0 Å². The third kappa shape index (κ3) is 2.96. The van der Waals surface area contributed by atoms with Gasteiger partial charge in [-0.25, -0.2) is 8.78 Å². The van der Waals surface area contributed by atoms with Gasteiger partial charge >= 0.3 is 0 Å². The van der Waals surface area contributed by atoms with E-state index in [0.29, 0.717) is 6.42 Å². The molecular formula is C17H14F2OS. The van der Waals surface area contributed by atoms with Crippen molar-refractivity contribution in [3.8, 4) is 0 Å². The fourth-order valence-corrected chi connectivity index (χ4v) is 3.46. The topological polar surface area (TPSA) is 20.2 Å². The number of halogens is 2. The summed E-state index contributed by atoms with van der Waals surface area (Å²) in [7, 11) is 0. The van der Waals surface area contributed by atoms with Crippen LogP contribution >= 0.6 is 11.3 Å². The predicted octanol–water partition coefficient (Wildman–Crippen LogP) is 4.33. The molecule has 21 heavy (non-hydrogen) atoms. The summed E-state index contributed by atoms with van der Waals surface area (Å²) in [4.78, 5) is 0. The summed E-state index contributed by atoms with van der Waals surface area (Å²) in [5.74, 6) is -1.21. The number of rotatable bonds is 4. The van der Waals surface area contributed by atoms with Gasteiger partial charge in [-0.05, 0) is 34.5 Å². The average Bonchev–Trinajstić information content (AvgIpc) is 2.87. The van der Waals surface area contributed by atoms with Crippen LogP contribution in [0.1, 0.15) is 11.1 Å². The average molecular weight is 304 g/mol. The van der Waals surface area contributed by atoms with E-state index in [0.717, 1.165) is 15.6 Å². The van der Waals surface area contributed by atoms with Crippen LogP contribution in [0, 0.1) is 11.6 Å². The van der Waals surface area contributed by atoms with Gasteiger partial charge in [0, 0.05) is 23.1 Å². The first kappa shape index (κ1) is 14.2. The highest BCUT2D eigenvalue weighted by Crippen LogP contribution is 2.27. The standard InChI is InChI=1S/C17H14F2OS/c18-15-5-3-6-16(19)14(15)9-12(20)8-11-10-21-17-7-2-1-4-13(11)17/h1-7,10,12,20H,8-9H2. The molecule has 1 heterocycles. The smallest absolute Gasteiger partial charge is 0.129 e. The minimum absolute atomic E-state index is 0.0251. The van der Waals surface area contributed by atoms with E-state index in [9.17, 15) is 13.9 Å². The van der Waals surface area contributed by atoms with Crippen LogP contribution in [-0.2, 0) is 12.8 Å². The molecule has 0 aliphatic carbocycles. The first-order valence-corrected chi connectivity index (χ1v) is 7.59. The molecule has 4 heteroatoms. The monoisotopic (exact) mass is 304 g/mol. The van der Waals surface area contributed by atoms with Crippen molar-refractivity contribution in [2.45, 2.75) is 18.9 Å². The zero-order chi connectivity index (χ0) is 14.8. The molecule has 0 saturated carbocycles. The van der Waals surface area contributed by atoms with Crippen molar-refractivity contribution in [1.29, 1.82) is 0 Å². The molecule has 0 amide bonds. The SMILES string of the molecule is OC(Cc1c(F)cccc1F)Cc1csc2ccccc12. The maximum Gasteiger partial charge on any atom is 0.129 e. The molecule has 1 N–H and O–H groups in total. The van der Waals surface area contributed by atoms with Crippen molar-refractivity contribution in [3.63, 3.8) is 0 Å². The lowest BCUT2D eigenvalue weighted by molar-refractivity contribution is 0.173. The van der Waals surface area contributed by atoms with Crippen LogP contribution in [0.2, 0.25) is 0 Å². The Hall–Kier alpha value is -1.78. The van der Waals surface area contributed by atoms with Crippen LogP contribution < -0.4 is 0 Å². The van der Waals surface area contributed by atoms with Crippen LogP contribution in [0.4, 0.5) is 8.78 Å². The Labute approximate surface area is 125 Å². The first-order chi connectivity index (χ1) is 10.1. The molecule has 1 unspecified atom stereocenters. The van der Waals surface area contributed by atoms with Gasteiger partial charge in [0.1, 0.15) is 11.6 Å². The van der Waals surface area contributed by atoms with Crippen LogP contribution in [0.25, 0.3) is 10.1 Å². The summed E-state index contributed by atoms with van der Waals surface area (Å²) in [6, 6.07) is 11.7. The molecule has 0 aliphatic rings. The van der Waals surface area contributed by atoms with Gasteiger partial charge in [0.05, 0.1) is 6.10 Å². The zero-order valence-electron chi connectivity index (χ0n) is 11.2. The summed E-state index contributed by atoms with van der Waals surface area (Å²) in [6.45, 7) is 0. The summed E-state index contributed by atoms with van der Waals surface area (Å²) < 4.78 is 28.3. The quantitative estimate of drug-likeness (QED) is 0.761. The van der Waals surface area contributed by atoms with Gasteiger partial charge < -0.3 is 5.11 Å². The Balaban J connectivity index is 1.79. The lowest BCUT2D eigenvalue weighted by atomic mass is 10.0. The summed E-state index contributed by atoms with van der Waals surface area (Å²) in [5, 5.41) is 13.2. The lowest BCUT2D eigenvalue weighted by Gasteiger charge is -2.11. The molecule has 0 spiro atoms. The molecule has 0 radical (unpaired) electrons. The Kier molecular flexibility index (Phi) is 3.99. The van der Waals surface area contributed by atoms with E-state index >= 15 is 0 Å². The van der Waals surface area contributed by atoms with E-state index in [1.807, 2.05) is 29.6 Å². The van der Waals surface area contributed by atoms with Crippen LogP contribution in [-0.4, -0.2) is 11.2 Å². The molecule has 1 aromatic heterocycles. The Morgan fingerprint density at radius 2 is 1.67 bits per heavy atom. The number of hydrogen-bond donors (Lipinski definition) is 1. The number of fused-ring (bicyclic) bond motifs is 1. The highest BCUT2D eigenvalue weighted by atomic mass is 32.1. The van der Waals surface area contributed by atoms with Crippen molar-refractivity contribution in [2.75, 3.05) is 0 Å². The molecule has 0 saturated heterocycles. The normalized spacial score (nSPS) is 12.7. The minimum Gasteiger partial charge on any atom is -0.392 e. The van der Waals surface area contributed by atoms with Gasteiger partial charge in [-0.1, -0.05) is 24.3 Å². The number of hydrogen-bond acceptors (Lipinski definition) is 2. The van der Waals surface area contributed by atoms with Crippen molar-refractivity contribution in [2.24, 2.45) is 0 Å². The van der Waals surface area contributed by atoms with E-state index in [1.165, 1.54) is 18.2 Å². The summed E-state index contributed by atoms with van der Waals surface area (Å²) in [5.41, 5.74) is 0.962. The van der Waals surface area contributed by atoms with E-state index in [-0.39, 0.29) is 12.0 Å². The van der Waals surface area contributed by atoms with Gasteiger partial charge in [-0.2, -0.15) is 0 Å². The molecule has 2 aromatic carbocycles. The van der Waals surface area contributed by atoms with E-state index < -0.39 is 17.7 Å². The Morgan fingerprint density at radius 3 is 2.43 bits per heavy atom. The molecule has 0 bridgehead atoms. The Bertz CT molecular complexity index is 746. The largest absolute Gasteiger partial charge is 0.392 e. The van der Waals surface area contributed by atoms with Gasteiger partial charge in [-0.15, -0.1) is 11.3 Å². The number of aliphatic hydroxyl groups excluding tert-OH is 1. The molecular weight excluding hydrogens is 290 g/mol. The van der Waals surface area contributed by atoms with Crippen molar-refractivity contribution in [3.05, 3.63) is 70.6 Å². The fraction of sp³-hybridized carbons (Fsp3) is 0.176. The van der Waals surface area contributed by atoms with Crippen molar-refractivity contribution >= 4 is 21.4 Å². The van der Waals surface area contributed by atoms with Crippen molar-refractivity contribution < 1.29 is 13.9 Å². The molecule has 1 nitrogen and oxygen atoms in total. The zero-order valence-corrected chi connectivity index (χ0v) is 12.0. The third-order valence-electron chi connectivity index (χ3n) is 3.52. The molecule has 1 atom stereocenters. The van der Waals surface area contributed by atoms with Crippen molar-refractivity contribution in [1.82, 2.24) is 0 Å². The second kappa shape index (κ2) is 5.92. The van der Waals surface area contributed by atoms with E-state index in [1.54, 1.807) is 11.3 Å². The maximum atomic E-state index is 13.6. The number of aliphatic hydroxyl groups is 1. The van der Waals surface area contributed by atoms with E-state index in [4.69, 9.17) is 0 Å². The lowest BCUT2D eigenvalue weighted by Crippen LogP contribution is -2.15. The Morgan fingerprint density at radius 1 is 0.952 bits per heavy atom.